The minimum Gasteiger partial charge on any atom is -0.503 e. The van der Waals surface area contributed by atoms with Gasteiger partial charge in [0.15, 0.2) is 18.1 Å². The third kappa shape index (κ3) is 7.41. The Hall–Kier alpha value is -5.33. The van der Waals surface area contributed by atoms with Gasteiger partial charge in [-0.25, -0.2) is 9.59 Å². The standard InChI is InChI=1S/C26H21NO7.C2HF3O2/c1-32-18-8-3-15(4-9-18)22(28)14-34-26(31)17-7-12-20-21(13-17)27-23(25(30)24(20)29)16-5-10-19(33-2)11-6-16;3-2(4,5)1(6)7/h3-13,30H,14H2,1-2H3,(H,27,29);(H,6,7). The van der Waals surface area contributed by atoms with Gasteiger partial charge in [0.2, 0.25) is 5.43 Å². The molecule has 0 aliphatic carbocycles. The lowest BCUT2D eigenvalue weighted by molar-refractivity contribution is -0.192. The number of pyridine rings is 1. The molecule has 0 aliphatic rings. The number of H-pyrrole nitrogens is 1. The number of fused-ring (bicyclic) bond motifs is 1. The van der Waals surface area contributed by atoms with Crippen LogP contribution in [-0.2, 0) is 9.53 Å². The van der Waals surface area contributed by atoms with E-state index in [2.05, 4.69) is 4.98 Å². The van der Waals surface area contributed by atoms with Crippen LogP contribution in [0.15, 0.2) is 71.5 Å². The maximum Gasteiger partial charge on any atom is 0.490 e. The number of hydrogen-bond donors (Lipinski definition) is 3. The number of hydrogen-bond acceptors (Lipinski definition) is 8. The number of nitrogens with one attached hydrogen (secondary N) is 1. The molecule has 0 atom stereocenters. The fourth-order valence-electron chi connectivity index (χ4n) is 3.45. The smallest absolute Gasteiger partial charge is 0.490 e. The number of carbonyl (C=O) groups is 3. The van der Waals surface area contributed by atoms with Gasteiger partial charge in [0.05, 0.1) is 31.0 Å². The van der Waals surface area contributed by atoms with Gasteiger partial charge in [-0.15, -0.1) is 0 Å². The number of carbonyl (C=O) groups excluding carboxylic acids is 2. The van der Waals surface area contributed by atoms with Gasteiger partial charge in [-0.05, 0) is 66.7 Å². The van der Waals surface area contributed by atoms with Crippen molar-refractivity contribution in [3.05, 3.63) is 88.1 Å². The molecular formula is C28H22F3NO9. The van der Waals surface area contributed by atoms with Crippen molar-refractivity contribution in [2.45, 2.75) is 6.18 Å². The van der Waals surface area contributed by atoms with Crippen LogP contribution >= 0.6 is 0 Å². The minimum atomic E-state index is -5.08. The van der Waals surface area contributed by atoms with Gasteiger partial charge in [0, 0.05) is 16.5 Å². The number of halogens is 3. The van der Waals surface area contributed by atoms with E-state index in [4.69, 9.17) is 24.1 Å². The zero-order valence-electron chi connectivity index (χ0n) is 21.4. The number of aromatic nitrogens is 1. The van der Waals surface area contributed by atoms with E-state index in [0.717, 1.165) is 0 Å². The molecule has 41 heavy (non-hydrogen) atoms. The Morgan fingerprint density at radius 1 is 0.854 bits per heavy atom. The van der Waals surface area contributed by atoms with Crippen LogP contribution in [0, 0.1) is 0 Å². The van der Waals surface area contributed by atoms with Gasteiger partial charge in [-0.1, -0.05) is 0 Å². The number of aromatic hydroxyl groups is 1. The van der Waals surface area contributed by atoms with Gasteiger partial charge in [0.25, 0.3) is 0 Å². The minimum absolute atomic E-state index is 0.150. The molecule has 0 spiro atoms. The SMILES string of the molecule is COc1ccc(C(=O)COC(=O)c2ccc3c(=O)c(O)c(-c4ccc(OC)cc4)[nH]c3c2)cc1.O=C(O)C(F)(F)F. The van der Waals surface area contributed by atoms with E-state index in [9.17, 15) is 32.7 Å². The van der Waals surface area contributed by atoms with Crippen molar-refractivity contribution in [1.82, 2.24) is 4.98 Å². The molecule has 0 bridgehead atoms. The van der Waals surface area contributed by atoms with Crippen LogP contribution in [0.4, 0.5) is 13.2 Å². The van der Waals surface area contributed by atoms with Gasteiger partial charge in [-0.2, -0.15) is 13.2 Å². The lowest BCUT2D eigenvalue weighted by Gasteiger charge is -2.10. The van der Waals surface area contributed by atoms with E-state index >= 15 is 0 Å². The molecule has 0 aliphatic heterocycles. The monoisotopic (exact) mass is 573 g/mol. The first-order valence-electron chi connectivity index (χ1n) is 11.5. The van der Waals surface area contributed by atoms with Gasteiger partial charge < -0.3 is 29.4 Å². The number of methoxy groups -OCH3 is 2. The zero-order valence-corrected chi connectivity index (χ0v) is 21.4. The van der Waals surface area contributed by atoms with Crippen molar-refractivity contribution < 1.29 is 52.0 Å². The summed E-state index contributed by atoms with van der Waals surface area (Å²) in [5.74, 6) is -3.04. The van der Waals surface area contributed by atoms with Crippen LogP contribution in [0.5, 0.6) is 17.2 Å². The molecule has 214 valence electrons. The second-order valence-electron chi connectivity index (χ2n) is 8.20. The average molecular weight is 573 g/mol. The molecule has 4 rings (SSSR count). The predicted octanol–water partition coefficient (Wildman–Crippen LogP) is 4.59. The molecule has 0 unspecified atom stereocenters. The summed E-state index contributed by atoms with van der Waals surface area (Å²) in [4.78, 5) is 49.5. The summed E-state index contributed by atoms with van der Waals surface area (Å²) in [5, 5.41) is 17.8. The maximum atomic E-state index is 12.7. The second-order valence-corrected chi connectivity index (χ2v) is 8.20. The van der Waals surface area contributed by atoms with Crippen molar-refractivity contribution in [2.75, 3.05) is 20.8 Å². The van der Waals surface area contributed by atoms with Crippen LogP contribution in [0.2, 0.25) is 0 Å². The molecular weight excluding hydrogens is 551 g/mol. The highest BCUT2D eigenvalue weighted by Crippen LogP contribution is 2.28. The zero-order chi connectivity index (χ0) is 30.3. The molecule has 0 saturated carbocycles. The summed E-state index contributed by atoms with van der Waals surface area (Å²) in [6, 6.07) is 17.5. The Bertz CT molecular complexity index is 1630. The van der Waals surface area contributed by atoms with E-state index in [-0.39, 0.29) is 22.4 Å². The Kier molecular flexibility index (Phi) is 9.35. The van der Waals surface area contributed by atoms with Crippen molar-refractivity contribution in [3.8, 4) is 28.5 Å². The van der Waals surface area contributed by atoms with Gasteiger partial charge in [-0.3, -0.25) is 9.59 Å². The quantitative estimate of drug-likeness (QED) is 0.213. The highest BCUT2D eigenvalue weighted by atomic mass is 19.4. The number of benzene rings is 3. The Balaban J connectivity index is 0.000000587. The Labute approximate surface area is 229 Å². The van der Waals surface area contributed by atoms with E-state index in [1.165, 1.54) is 32.4 Å². The topological polar surface area (TPSA) is 152 Å². The first-order chi connectivity index (χ1) is 19.3. The number of Topliss-reactive ketones (excluding diaryl/α,β-unsaturated/α-hetero) is 1. The summed E-state index contributed by atoms with van der Waals surface area (Å²) in [6.45, 7) is -0.438. The molecule has 0 saturated heterocycles. The van der Waals surface area contributed by atoms with E-state index in [0.29, 0.717) is 28.1 Å². The molecule has 1 aromatic heterocycles. The van der Waals surface area contributed by atoms with Gasteiger partial charge in [0.1, 0.15) is 11.5 Å². The fraction of sp³-hybridized carbons (Fsp3) is 0.143. The lowest BCUT2D eigenvalue weighted by atomic mass is 10.1. The summed E-state index contributed by atoms with van der Waals surface area (Å²) >= 11 is 0. The van der Waals surface area contributed by atoms with Crippen molar-refractivity contribution >= 4 is 28.6 Å². The number of aromatic amines is 1. The Morgan fingerprint density at radius 3 is 1.88 bits per heavy atom. The fourth-order valence-corrected chi connectivity index (χ4v) is 3.45. The van der Waals surface area contributed by atoms with Crippen LogP contribution < -0.4 is 14.9 Å². The number of ether oxygens (including phenoxy) is 3. The molecule has 3 N–H and O–H groups in total. The lowest BCUT2D eigenvalue weighted by Crippen LogP contribution is -2.21. The molecule has 3 aromatic carbocycles. The summed E-state index contributed by atoms with van der Waals surface area (Å²) < 4.78 is 47.1. The number of ketones is 1. The highest BCUT2D eigenvalue weighted by Gasteiger charge is 2.38. The summed E-state index contributed by atoms with van der Waals surface area (Å²) in [5.41, 5.74) is 1.07. The van der Waals surface area contributed by atoms with E-state index in [1.807, 2.05) is 0 Å². The van der Waals surface area contributed by atoms with E-state index < -0.39 is 35.9 Å². The normalized spacial score (nSPS) is 10.8. The number of alkyl halides is 3. The highest BCUT2D eigenvalue weighted by molar-refractivity contribution is 6.00. The number of carboxylic acid groups (broad SMARTS) is 1. The molecule has 0 amide bonds. The molecule has 13 heteroatoms. The van der Waals surface area contributed by atoms with Crippen LogP contribution in [-0.4, -0.2) is 59.9 Å². The number of rotatable bonds is 7. The third-order valence-electron chi connectivity index (χ3n) is 5.58. The third-order valence-corrected chi connectivity index (χ3v) is 5.58. The largest absolute Gasteiger partial charge is 0.503 e. The molecule has 4 aromatic rings. The Morgan fingerprint density at radius 2 is 1.37 bits per heavy atom. The molecule has 0 fully saturated rings. The number of aliphatic carboxylic acids is 1. The summed E-state index contributed by atoms with van der Waals surface area (Å²) in [6.07, 6.45) is -5.08. The first-order valence-corrected chi connectivity index (χ1v) is 11.5. The van der Waals surface area contributed by atoms with Crippen LogP contribution in [0.25, 0.3) is 22.2 Å². The molecule has 10 nitrogen and oxygen atoms in total. The molecule has 0 radical (unpaired) electrons. The van der Waals surface area contributed by atoms with Crippen molar-refractivity contribution in [3.63, 3.8) is 0 Å². The van der Waals surface area contributed by atoms with Crippen LogP contribution in [0.3, 0.4) is 0 Å². The molecule has 1 heterocycles. The van der Waals surface area contributed by atoms with E-state index in [1.54, 1.807) is 48.5 Å². The van der Waals surface area contributed by atoms with Gasteiger partial charge >= 0.3 is 18.1 Å². The van der Waals surface area contributed by atoms with Crippen molar-refractivity contribution in [2.24, 2.45) is 0 Å². The number of esters is 1. The van der Waals surface area contributed by atoms with Crippen LogP contribution in [0.1, 0.15) is 20.7 Å². The predicted molar refractivity (Wildman–Crippen MR) is 140 cm³/mol. The maximum absolute atomic E-state index is 12.7. The first kappa shape index (κ1) is 30.2. The second kappa shape index (κ2) is 12.7. The number of carboxylic acids is 1. The van der Waals surface area contributed by atoms with Crippen molar-refractivity contribution in [1.29, 1.82) is 0 Å². The summed E-state index contributed by atoms with van der Waals surface area (Å²) in [7, 11) is 3.06. The average Bonchev–Trinajstić information content (AvgIpc) is 2.97.